The standard InChI is InChI=1S/C14H24O3/c1-11(9-15)7-6-8-12(2)10-17-13(16)14(3,4)5/h8-9,11H,6-7,10H2,1-5H3/t11-/m0/s1. The molecule has 0 fully saturated rings. The van der Waals surface area contributed by atoms with Crippen LogP contribution in [0, 0.1) is 11.3 Å². The van der Waals surface area contributed by atoms with Crippen molar-refractivity contribution in [2.24, 2.45) is 11.3 Å². The van der Waals surface area contributed by atoms with Gasteiger partial charge in [-0.1, -0.05) is 13.0 Å². The number of hydrogen-bond donors (Lipinski definition) is 0. The van der Waals surface area contributed by atoms with Gasteiger partial charge >= 0.3 is 5.97 Å². The van der Waals surface area contributed by atoms with E-state index in [-0.39, 0.29) is 11.9 Å². The Morgan fingerprint density at radius 3 is 2.41 bits per heavy atom. The van der Waals surface area contributed by atoms with E-state index < -0.39 is 5.41 Å². The van der Waals surface area contributed by atoms with Crippen molar-refractivity contribution in [3.63, 3.8) is 0 Å². The molecule has 98 valence electrons. The lowest BCUT2D eigenvalue weighted by Gasteiger charge is -2.16. The van der Waals surface area contributed by atoms with Crippen molar-refractivity contribution in [2.75, 3.05) is 6.61 Å². The van der Waals surface area contributed by atoms with Gasteiger partial charge in [-0.2, -0.15) is 0 Å². The maximum Gasteiger partial charge on any atom is 0.311 e. The molecule has 0 rings (SSSR count). The lowest BCUT2D eigenvalue weighted by atomic mass is 9.97. The number of hydrogen-bond acceptors (Lipinski definition) is 3. The summed E-state index contributed by atoms with van der Waals surface area (Å²) in [5.41, 5.74) is 0.576. The molecular weight excluding hydrogens is 216 g/mol. The summed E-state index contributed by atoms with van der Waals surface area (Å²) < 4.78 is 5.18. The molecule has 0 aromatic carbocycles. The minimum absolute atomic E-state index is 0.0937. The van der Waals surface area contributed by atoms with Gasteiger partial charge in [-0.15, -0.1) is 0 Å². The second kappa shape index (κ2) is 7.25. The first-order valence-electron chi connectivity index (χ1n) is 6.05. The van der Waals surface area contributed by atoms with Crippen molar-refractivity contribution in [3.05, 3.63) is 11.6 Å². The molecule has 0 aliphatic rings. The molecule has 0 aromatic heterocycles. The van der Waals surface area contributed by atoms with Crippen LogP contribution in [0.3, 0.4) is 0 Å². The first-order valence-corrected chi connectivity index (χ1v) is 6.05. The highest BCUT2D eigenvalue weighted by atomic mass is 16.5. The average molecular weight is 240 g/mol. The van der Waals surface area contributed by atoms with E-state index in [1.807, 2.05) is 40.7 Å². The van der Waals surface area contributed by atoms with Crippen LogP contribution in [0.5, 0.6) is 0 Å². The summed E-state index contributed by atoms with van der Waals surface area (Å²) in [6.07, 6.45) is 4.67. The fraction of sp³-hybridized carbons (Fsp3) is 0.714. The Balaban J connectivity index is 3.94. The zero-order valence-corrected chi connectivity index (χ0v) is 11.6. The fourth-order valence-electron chi connectivity index (χ4n) is 1.12. The van der Waals surface area contributed by atoms with Gasteiger partial charge in [0.05, 0.1) is 5.41 Å². The second-order valence-electron chi connectivity index (χ2n) is 5.57. The highest BCUT2D eigenvalue weighted by molar-refractivity contribution is 5.75. The van der Waals surface area contributed by atoms with Gasteiger partial charge in [0.25, 0.3) is 0 Å². The predicted molar refractivity (Wildman–Crippen MR) is 68.6 cm³/mol. The van der Waals surface area contributed by atoms with E-state index in [1.54, 1.807) is 0 Å². The number of carbonyl (C=O) groups excluding carboxylic acids is 2. The molecule has 1 atom stereocenters. The second-order valence-corrected chi connectivity index (χ2v) is 5.57. The van der Waals surface area contributed by atoms with Crippen molar-refractivity contribution in [3.8, 4) is 0 Å². The molecule has 0 saturated heterocycles. The van der Waals surface area contributed by atoms with Crippen molar-refractivity contribution in [1.82, 2.24) is 0 Å². The summed E-state index contributed by atoms with van der Waals surface area (Å²) in [4.78, 5) is 21.9. The number of rotatable bonds is 6. The Labute approximate surface area is 104 Å². The number of ether oxygens (including phenoxy) is 1. The topological polar surface area (TPSA) is 43.4 Å². The molecule has 0 aromatic rings. The van der Waals surface area contributed by atoms with Gasteiger partial charge in [0.1, 0.15) is 12.9 Å². The molecule has 0 bridgehead atoms. The first kappa shape index (κ1) is 15.9. The third-order valence-electron chi connectivity index (χ3n) is 2.39. The maximum atomic E-state index is 11.5. The Morgan fingerprint density at radius 2 is 1.94 bits per heavy atom. The molecule has 0 aliphatic carbocycles. The van der Waals surface area contributed by atoms with Crippen molar-refractivity contribution in [1.29, 1.82) is 0 Å². The number of aldehydes is 1. The van der Waals surface area contributed by atoms with Gasteiger partial charge < -0.3 is 9.53 Å². The number of allylic oxidation sites excluding steroid dienone is 1. The molecule has 0 radical (unpaired) electrons. The third kappa shape index (κ3) is 7.72. The molecule has 0 spiro atoms. The van der Waals surface area contributed by atoms with Gasteiger partial charge in [-0.25, -0.2) is 0 Å². The summed E-state index contributed by atoms with van der Waals surface area (Å²) in [7, 11) is 0. The molecule has 0 aliphatic heterocycles. The van der Waals surface area contributed by atoms with Crippen LogP contribution in [0.25, 0.3) is 0 Å². The Bertz CT molecular complexity index is 284. The largest absolute Gasteiger partial charge is 0.461 e. The quantitative estimate of drug-likeness (QED) is 0.407. The van der Waals surface area contributed by atoms with E-state index in [0.717, 1.165) is 24.7 Å². The van der Waals surface area contributed by atoms with E-state index in [9.17, 15) is 9.59 Å². The minimum Gasteiger partial charge on any atom is -0.461 e. The SMILES string of the molecule is CC(=CCC[C@H](C)C=O)COC(=O)C(C)(C)C. The summed E-state index contributed by atoms with van der Waals surface area (Å²) in [5, 5.41) is 0. The summed E-state index contributed by atoms with van der Waals surface area (Å²) in [6, 6.07) is 0. The monoisotopic (exact) mass is 240 g/mol. The number of esters is 1. The smallest absolute Gasteiger partial charge is 0.311 e. The highest BCUT2D eigenvalue weighted by Gasteiger charge is 2.22. The van der Waals surface area contributed by atoms with Gasteiger partial charge in [0.15, 0.2) is 0 Å². The first-order chi connectivity index (χ1) is 7.77. The van der Waals surface area contributed by atoms with E-state index in [0.29, 0.717) is 6.61 Å². The minimum atomic E-state index is -0.452. The molecule has 0 amide bonds. The summed E-state index contributed by atoms with van der Waals surface area (Å²) in [6.45, 7) is 9.67. The molecule has 3 nitrogen and oxygen atoms in total. The van der Waals surface area contributed by atoms with Gasteiger partial charge in [0.2, 0.25) is 0 Å². The van der Waals surface area contributed by atoms with Crippen LogP contribution < -0.4 is 0 Å². The average Bonchev–Trinajstić information content (AvgIpc) is 2.24. The molecule has 0 heterocycles. The Kier molecular flexibility index (Phi) is 6.78. The predicted octanol–water partition coefficient (Wildman–Crippen LogP) is 3.14. The lowest BCUT2D eigenvalue weighted by Crippen LogP contribution is -2.23. The Morgan fingerprint density at radius 1 is 1.35 bits per heavy atom. The summed E-state index contributed by atoms with van der Waals surface area (Å²) >= 11 is 0. The van der Waals surface area contributed by atoms with Crippen LogP contribution in [0.1, 0.15) is 47.5 Å². The fourth-order valence-corrected chi connectivity index (χ4v) is 1.12. The molecule has 17 heavy (non-hydrogen) atoms. The summed E-state index contributed by atoms with van der Waals surface area (Å²) in [5.74, 6) is -0.0947. The van der Waals surface area contributed by atoms with E-state index >= 15 is 0 Å². The van der Waals surface area contributed by atoms with Crippen LogP contribution in [0.2, 0.25) is 0 Å². The zero-order chi connectivity index (χ0) is 13.5. The lowest BCUT2D eigenvalue weighted by molar-refractivity contribution is -0.151. The highest BCUT2D eigenvalue weighted by Crippen LogP contribution is 2.15. The normalized spacial score (nSPS) is 14.3. The van der Waals surface area contributed by atoms with Crippen molar-refractivity contribution in [2.45, 2.75) is 47.5 Å². The molecular formula is C14H24O3. The van der Waals surface area contributed by atoms with Crippen molar-refractivity contribution < 1.29 is 14.3 Å². The van der Waals surface area contributed by atoms with Crippen molar-refractivity contribution >= 4 is 12.3 Å². The third-order valence-corrected chi connectivity index (χ3v) is 2.39. The van der Waals surface area contributed by atoms with Crippen LogP contribution in [-0.4, -0.2) is 18.9 Å². The zero-order valence-electron chi connectivity index (χ0n) is 11.6. The number of carbonyl (C=O) groups is 2. The van der Waals surface area contributed by atoms with Crippen LogP contribution in [0.15, 0.2) is 11.6 Å². The van der Waals surface area contributed by atoms with Gasteiger partial charge in [-0.3, -0.25) is 4.79 Å². The van der Waals surface area contributed by atoms with E-state index in [1.165, 1.54) is 0 Å². The molecule has 0 saturated carbocycles. The van der Waals surface area contributed by atoms with Crippen LogP contribution in [-0.2, 0) is 14.3 Å². The van der Waals surface area contributed by atoms with Gasteiger partial charge in [0, 0.05) is 5.92 Å². The molecule has 0 N–H and O–H groups in total. The molecule has 0 unspecified atom stereocenters. The molecule has 3 heteroatoms. The maximum absolute atomic E-state index is 11.5. The van der Waals surface area contributed by atoms with Gasteiger partial charge in [-0.05, 0) is 46.1 Å². The van der Waals surface area contributed by atoms with Crippen LogP contribution >= 0.6 is 0 Å². The van der Waals surface area contributed by atoms with Crippen LogP contribution in [0.4, 0.5) is 0 Å². The Hall–Kier alpha value is -1.12. The van der Waals surface area contributed by atoms with E-state index in [2.05, 4.69) is 0 Å². The van der Waals surface area contributed by atoms with E-state index in [4.69, 9.17) is 4.74 Å².